The van der Waals surface area contributed by atoms with Crippen molar-refractivity contribution in [1.29, 1.82) is 0 Å². The molecule has 0 amide bonds. The van der Waals surface area contributed by atoms with Crippen LogP contribution in [-0.2, 0) is 6.54 Å². The van der Waals surface area contributed by atoms with E-state index in [1.54, 1.807) is 0 Å². The van der Waals surface area contributed by atoms with Crippen molar-refractivity contribution in [2.75, 3.05) is 30.5 Å². The highest BCUT2D eigenvalue weighted by Crippen LogP contribution is 2.18. The Kier molecular flexibility index (Phi) is 8.12. The first-order valence-corrected chi connectivity index (χ1v) is 9.23. The smallest absolute Gasteiger partial charge is 0.129 e. The molecule has 0 radical (unpaired) electrons. The van der Waals surface area contributed by atoms with Gasteiger partial charge in [0.05, 0.1) is 0 Å². The van der Waals surface area contributed by atoms with Crippen LogP contribution in [0, 0.1) is 12.8 Å². The number of hydrogen-bond acceptors (Lipinski definition) is 4. The van der Waals surface area contributed by atoms with Crippen molar-refractivity contribution < 1.29 is 0 Å². The van der Waals surface area contributed by atoms with Gasteiger partial charge in [0.2, 0.25) is 0 Å². The second-order valence-corrected chi connectivity index (χ2v) is 7.23. The molecule has 0 fully saturated rings. The number of nitrogens with zero attached hydrogens (tertiary/aromatic N) is 2. The van der Waals surface area contributed by atoms with Crippen LogP contribution >= 0.6 is 11.8 Å². The van der Waals surface area contributed by atoms with E-state index in [1.807, 2.05) is 11.8 Å². The summed E-state index contributed by atoms with van der Waals surface area (Å²) >= 11 is 1.91. The van der Waals surface area contributed by atoms with E-state index in [0.29, 0.717) is 12.0 Å². The summed E-state index contributed by atoms with van der Waals surface area (Å²) in [5.41, 5.74) is 2.42. The van der Waals surface area contributed by atoms with Crippen molar-refractivity contribution in [3.63, 3.8) is 0 Å². The zero-order valence-electron chi connectivity index (χ0n) is 14.4. The molecule has 1 aromatic heterocycles. The molecule has 0 aliphatic rings. The number of aromatic nitrogens is 1. The molecule has 0 saturated heterocycles. The molecule has 1 rings (SSSR count). The Morgan fingerprint density at radius 2 is 2.00 bits per heavy atom. The fraction of sp³-hybridized carbons (Fsp3) is 0.706. The van der Waals surface area contributed by atoms with Crippen LogP contribution in [0.25, 0.3) is 0 Å². The van der Waals surface area contributed by atoms with Gasteiger partial charge in [0.1, 0.15) is 5.82 Å². The maximum absolute atomic E-state index is 4.70. The van der Waals surface area contributed by atoms with Gasteiger partial charge in [-0.2, -0.15) is 11.8 Å². The van der Waals surface area contributed by atoms with Gasteiger partial charge in [-0.05, 0) is 62.4 Å². The summed E-state index contributed by atoms with van der Waals surface area (Å²) in [4.78, 5) is 7.00. The van der Waals surface area contributed by atoms with Crippen LogP contribution in [0.1, 0.15) is 38.4 Å². The predicted molar refractivity (Wildman–Crippen MR) is 96.4 cm³/mol. The third kappa shape index (κ3) is 6.70. The van der Waals surface area contributed by atoms with Crippen molar-refractivity contribution in [1.82, 2.24) is 10.3 Å². The van der Waals surface area contributed by atoms with Gasteiger partial charge in [0, 0.05) is 25.3 Å². The molecule has 0 spiro atoms. The summed E-state index contributed by atoms with van der Waals surface area (Å²) in [6, 6.07) is 4.91. The van der Waals surface area contributed by atoms with Crippen LogP contribution in [-0.4, -0.2) is 36.6 Å². The van der Waals surface area contributed by atoms with Crippen LogP contribution in [0.2, 0.25) is 0 Å². The monoisotopic (exact) mass is 309 g/mol. The Bertz CT molecular complexity index is 420. The highest BCUT2D eigenvalue weighted by molar-refractivity contribution is 7.98. The largest absolute Gasteiger partial charge is 0.357 e. The average Bonchev–Trinajstić information content (AvgIpc) is 2.42. The van der Waals surface area contributed by atoms with Crippen LogP contribution in [0.5, 0.6) is 0 Å². The Morgan fingerprint density at radius 1 is 1.29 bits per heavy atom. The Balaban J connectivity index is 2.71. The summed E-state index contributed by atoms with van der Waals surface area (Å²) in [7, 11) is 2.15. The first-order valence-electron chi connectivity index (χ1n) is 7.84. The lowest BCUT2D eigenvalue weighted by atomic mass is 10.1. The van der Waals surface area contributed by atoms with Gasteiger partial charge < -0.3 is 10.2 Å². The SMILES string of the molecule is CSCCC(C)N(C)c1cc(CNCC(C)C)cc(C)n1. The molecule has 1 aromatic rings. The second kappa shape index (κ2) is 9.31. The van der Waals surface area contributed by atoms with Crippen LogP contribution in [0.4, 0.5) is 5.82 Å². The third-order valence-corrected chi connectivity index (χ3v) is 4.29. The van der Waals surface area contributed by atoms with Crippen LogP contribution < -0.4 is 10.2 Å². The lowest BCUT2D eigenvalue weighted by Gasteiger charge is -2.26. The molecule has 21 heavy (non-hydrogen) atoms. The van der Waals surface area contributed by atoms with E-state index < -0.39 is 0 Å². The number of thioether (sulfide) groups is 1. The van der Waals surface area contributed by atoms with E-state index >= 15 is 0 Å². The molecule has 1 heterocycles. The van der Waals surface area contributed by atoms with Gasteiger partial charge in [-0.15, -0.1) is 0 Å². The first-order chi connectivity index (χ1) is 9.93. The zero-order valence-corrected chi connectivity index (χ0v) is 15.3. The molecular formula is C17H31N3S. The average molecular weight is 310 g/mol. The number of hydrogen-bond donors (Lipinski definition) is 1. The maximum Gasteiger partial charge on any atom is 0.129 e. The highest BCUT2D eigenvalue weighted by Gasteiger charge is 2.12. The molecular weight excluding hydrogens is 278 g/mol. The zero-order chi connectivity index (χ0) is 15.8. The third-order valence-electron chi connectivity index (χ3n) is 3.64. The van der Waals surface area contributed by atoms with E-state index in [1.165, 1.54) is 17.7 Å². The van der Waals surface area contributed by atoms with E-state index in [-0.39, 0.29) is 0 Å². The second-order valence-electron chi connectivity index (χ2n) is 6.24. The molecule has 0 aliphatic heterocycles. The van der Waals surface area contributed by atoms with Crippen molar-refractivity contribution in [3.05, 3.63) is 23.4 Å². The summed E-state index contributed by atoms with van der Waals surface area (Å²) in [5, 5.41) is 3.51. The Labute approximate surface area is 134 Å². The van der Waals surface area contributed by atoms with Crippen LogP contribution in [0.15, 0.2) is 12.1 Å². The molecule has 1 atom stereocenters. The van der Waals surface area contributed by atoms with Gasteiger partial charge >= 0.3 is 0 Å². The molecule has 1 N–H and O–H groups in total. The molecule has 0 aromatic carbocycles. The van der Waals surface area contributed by atoms with Gasteiger partial charge in [-0.1, -0.05) is 13.8 Å². The normalized spacial score (nSPS) is 12.7. The number of rotatable bonds is 9. The first kappa shape index (κ1) is 18.3. The topological polar surface area (TPSA) is 28.2 Å². The fourth-order valence-electron chi connectivity index (χ4n) is 2.22. The lowest BCUT2D eigenvalue weighted by Crippen LogP contribution is -2.30. The molecule has 0 aliphatic carbocycles. The fourth-order valence-corrected chi connectivity index (χ4v) is 2.79. The predicted octanol–water partition coefficient (Wildman–Crippen LogP) is 3.71. The minimum Gasteiger partial charge on any atom is -0.357 e. The summed E-state index contributed by atoms with van der Waals surface area (Å²) < 4.78 is 0. The molecule has 3 nitrogen and oxygen atoms in total. The number of nitrogens with one attached hydrogen (secondary N) is 1. The van der Waals surface area contributed by atoms with Crippen molar-refractivity contribution >= 4 is 17.6 Å². The van der Waals surface area contributed by atoms with Gasteiger partial charge in [-0.25, -0.2) is 4.98 Å². The van der Waals surface area contributed by atoms with Gasteiger partial charge in [-0.3, -0.25) is 0 Å². The molecule has 1 unspecified atom stereocenters. The van der Waals surface area contributed by atoms with E-state index in [0.717, 1.165) is 24.6 Å². The maximum atomic E-state index is 4.70. The molecule has 0 saturated carbocycles. The van der Waals surface area contributed by atoms with E-state index in [9.17, 15) is 0 Å². The summed E-state index contributed by atoms with van der Waals surface area (Å²) in [6.07, 6.45) is 3.35. The van der Waals surface area contributed by atoms with Gasteiger partial charge in [0.25, 0.3) is 0 Å². The van der Waals surface area contributed by atoms with E-state index in [2.05, 4.69) is 63.3 Å². The standard InChI is InChI=1S/C17H31N3S/c1-13(2)11-18-12-16-9-14(3)19-17(10-16)20(5)15(4)7-8-21-6/h9-10,13,15,18H,7-8,11-12H2,1-6H3. The highest BCUT2D eigenvalue weighted by atomic mass is 32.2. The Morgan fingerprint density at radius 3 is 2.62 bits per heavy atom. The molecule has 4 heteroatoms. The van der Waals surface area contributed by atoms with Gasteiger partial charge in [0.15, 0.2) is 0 Å². The van der Waals surface area contributed by atoms with Crippen molar-refractivity contribution in [2.24, 2.45) is 5.92 Å². The Hall–Kier alpha value is -0.740. The summed E-state index contributed by atoms with van der Waals surface area (Å²) in [5.74, 6) is 2.96. The number of pyridine rings is 1. The number of anilines is 1. The van der Waals surface area contributed by atoms with E-state index in [4.69, 9.17) is 4.98 Å². The quantitative estimate of drug-likeness (QED) is 0.752. The van der Waals surface area contributed by atoms with Crippen LogP contribution in [0.3, 0.4) is 0 Å². The lowest BCUT2D eigenvalue weighted by molar-refractivity contribution is 0.552. The number of aryl methyl sites for hydroxylation is 1. The molecule has 120 valence electrons. The molecule has 0 bridgehead atoms. The van der Waals surface area contributed by atoms with Crippen molar-refractivity contribution in [2.45, 2.75) is 46.7 Å². The van der Waals surface area contributed by atoms with Crippen molar-refractivity contribution in [3.8, 4) is 0 Å². The summed E-state index contributed by atoms with van der Waals surface area (Å²) in [6.45, 7) is 10.8. The minimum atomic E-state index is 0.517. The minimum absolute atomic E-state index is 0.517.